The van der Waals surface area contributed by atoms with E-state index in [0.29, 0.717) is 11.1 Å². The fourth-order valence-corrected chi connectivity index (χ4v) is 5.03. The van der Waals surface area contributed by atoms with Gasteiger partial charge in [-0.25, -0.2) is 0 Å². The Balaban J connectivity index is 2.02. The highest BCUT2D eigenvalue weighted by molar-refractivity contribution is 5.86. The first-order chi connectivity index (χ1) is 14.5. The van der Waals surface area contributed by atoms with Crippen molar-refractivity contribution in [3.8, 4) is 11.1 Å². The molecule has 0 amide bonds. The van der Waals surface area contributed by atoms with Gasteiger partial charge in [-0.15, -0.1) is 0 Å². The first-order valence-corrected chi connectivity index (χ1v) is 10.2. The van der Waals surface area contributed by atoms with E-state index < -0.39 is 17.4 Å². The van der Waals surface area contributed by atoms with Crippen LogP contribution in [0.1, 0.15) is 41.2 Å². The monoisotopic (exact) mass is 400 g/mol. The molecule has 0 saturated carbocycles. The second-order valence-electron chi connectivity index (χ2n) is 7.91. The van der Waals surface area contributed by atoms with Gasteiger partial charge < -0.3 is 10.2 Å². The number of hydrogen-bond acceptors (Lipinski definition) is 2. The van der Waals surface area contributed by atoms with Crippen molar-refractivity contribution in [1.82, 2.24) is 0 Å². The molecule has 4 heteroatoms. The number of rotatable bonds is 7. The van der Waals surface area contributed by atoms with E-state index in [1.54, 1.807) is 6.07 Å². The van der Waals surface area contributed by atoms with Crippen LogP contribution in [0.15, 0.2) is 66.7 Å². The van der Waals surface area contributed by atoms with Crippen LogP contribution in [-0.4, -0.2) is 22.2 Å². The summed E-state index contributed by atoms with van der Waals surface area (Å²) in [6, 6.07) is 22.2. The maximum absolute atomic E-state index is 11.8. The smallest absolute Gasteiger partial charge is 0.307 e. The van der Waals surface area contributed by atoms with E-state index in [4.69, 9.17) is 0 Å². The summed E-state index contributed by atoms with van der Waals surface area (Å²) in [7, 11) is 0. The predicted molar refractivity (Wildman–Crippen MR) is 116 cm³/mol. The van der Waals surface area contributed by atoms with Crippen molar-refractivity contribution in [2.24, 2.45) is 0 Å². The molecule has 4 rings (SSSR count). The number of carboxylic acids is 2. The van der Waals surface area contributed by atoms with Crippen LogP contribution in [0, 0.1) is 0 Å². The lowest BCUT2D eigenvalue weighted by Crippen LogP contribution is -2.30. The molecular weight excluding hydrogens is 376 g/mol. The van der Waals surface area contributed by atoms with Crippen molar-refractivity contribution in [1.29, 1.82) is 0 Å². The van der Waals surface area contributed by atoms with Gasteiger partial charge in [0.15, 0.2) is 0 Å². The van der Waals surface area contributed by atoms with Crippen molar-refractivity contribution in [2.75, 3.05) is 0 Å². The average Bonchev–Trinajstić information content (AvgIpc) is 3.00. The van der Waals surface area contributed by atoms with Gasteiger partial charge in [0.25, 0.3) is 0 Å². The van der Waals surface area contributed by atoms with Gasteiger partial charge in [0.1, 0.15) is 0 Å². The fourth-order valence-electron chi connectivity index (χ4n) is 5.03. The van der Waals surface area contributed by atoms with Crippen molar-refractivity contribution in [2.45, 2.75) is 38.0 Å². The van der Waals surface area contributed by atoms with Gasteiger partial charge in [-0.05, 0) is 51.8 Å². The Morgan fingerprint density at radius 1 is 0.800 bits per heavy atom. The highest BCUT2D eigenvalue weighted by Crippen LogP contribution is 2.54. The fraction of sp³-hybridized carbons (Fsp3) is 0.231. The molecule has 0 radical (unpaired) electrons. The molecule has 0 saturated heterocycles. The first kappa shape index (κ1) is 19.9. The molecule has 0 aromatic heterocycles. The van der Waals surface area contributed by atoms with Crippen LogP contribution in [0.25, 0.3) is 11.1 Å². The summed E-state index contributed by atoms with van der Waals surface area (Å²) >= 11 is 0. The van der Waals surface area contributed by atoms with Crippen LogP contribution in [0.2, 0.25) is 0 Å². The number of carbonyl (C=O) groups is 2. The standard InChI is InChI=1S/C26H24O4/c1-2-26(16-17-8-4-3-5-9-17)22-11-7-6-10-19(22)20-13-12-18(14-23(27)28)21(25(20)26)15-24(29)30/h3-13H,2,14-16H2,1H3,(H,27,28)(H,29,30). The molecule has 1 atom stereocenters. The van der Waals surface area contributed by atoms with Crippen molar-refractivity contribution >= 4 is 11.9 Å². The Morgan fingerprint density at radius 3 is 2.13 bits per heavy atom. The molecule has 152 valence electrons. The summed E-state index contributed by atoms with van der Waals surface area (Å²) in [6.07, 6.45) is 1.15. The summed E-state index contributed by atoms with van der Waals surface area (Å²) in [6.45, 7) is 2.13. The van der Waals surface area contributed by atoms with Crippen molar-refractivity contribution in [3.05, 3.63) is 94.5 Å². The van der Waals surface area contributed by atoms with Crippen LogP contribution in [0.4, 0.5) is 0 Å². The molecule has 2 N–H and O–H groups in total. The SMILES string of the molecule is CCC1(Cc2ccccc2)c2ccccc2-c2ccc(CC(=O)O)c(CC(=O)O)c21. The summed E-state index contributed by atoms with van der Waals surface area (Å²) in [5, 5.41) is 19.1. The maximum Gasteiger partial charge on any atom is 0.307 e. The predicted octanol–water partition coefficient (Wildman–Crippen LogP) is 4.86. The Labute approximate surface area is 175 Å². The molecule has 1 unspecified atom stereocenters. The Bertz CT molecular complexity index is 1120. The van der Waals surface area contributed by atoms with E-state index >= 15 is 0 Å². The molecule has 0 fully saturated rings. The molecule has 0 bridgehead atoms. The number of benzene rings is 3. The van der Waals surface area contributed by atoms with E-state index in [1.165, 1.54) is 11.1 Å². The van der Waals surface area contributed by atoms with Gasteiger partial charge in [0.05, 0.1) is 12.8 Å². The summed E-state index contributed by atoms with van der Waals surface area (Å²) < 4.78 is 0. The van der Waals surface area contributed by atoms with Gasteiger partial charge >= 0.3 is 11.9 Å². The van der Waals surface area contributed by atoms with Gasteiger partial charge in [0.2, 0.25) is 0 Å². The lowest BCUT2D eigenvalue weighted by atomic mass is 9.69. The van der Waals surface area contributed by atoms with Crippen LogP contribution < -0.4 is 0 Å². The maximum atomic E-state index is 11.8. The molecule has 1 aliphatic carbocycles. The molecule has 4 nitrogen and oxygen atoms in total. The first-order valence-electron chi connectivity index (χ1n) is 10.2. The van der Waals surface area contributed by atoms with Crippen LogP contribution in [0.5, 0.6) is 0 Å². The normalized spacial score (nSPS) is 16.7. The largest absolute Gasteiger partial charge is 0.481 e. The Kier molecular flexibility index (Phi) is 5.17. The third-order valence-electron chi connectivity index (χ3n) is 6.24. The van der Waals surface area contributed by atoms with Gasteiger partial charge in [-0.3, -0.25) is 9.59 Å². The lowest BCUT2D eigenvalue weighted by Gasteiger charge is -2.33. The summed E-state index contributed by atoms with van der Waals surface area (Å²) in [5.41, 5.74) is 6.31. The highest BCUT2D eigenvalue weighted by Gasteiger charge is 2.44. The van der Waals surface area contributed by atoms with Crippen LogP contribution >= 0.6 is 0 Å². The second-order valence-corrected chi connectivity index (χ2v) is 7.91. The molecule has 3 aromatic rings. The van der Waals surface area contributed by atoms with E-state index in [2.05, 4.69) is 31.2 Å². The molecule has 30 heavy (non-hydrogen) atoms. The van der Waals surface area contributed by atoms with Crippen molar-refractivity contribution in [3.63, 3.8) is 0 Å². The van der Waals surface area contributed by atoms with E-state index in [0.717, 1.165) is 29.5 Å². The zero-order valence-corrected chi connectivity index (χ0v) is 16.9. The quantitative estimate of drug-likeness (QED) is 0.594. The summed E-state index contributed by atoms with van der Waals surface area (Å²) in [5.74, 6) is -1.90. The van der Waals surface area contributed by atoms with Gasteiger partial charge in [-0.1, -0.05) is 73.7 Å². The molecule has 0 spiro atoms. The topological polar surface area (TPSA) is 74.6 Å². The van der Waals surface area contributed by atoms with E-state index in [9.17, 15) is 19.8 Å². The minimum absolute atomic E-state index is 0.183. The average molecular weight is 400 g/mol. The Hall–Kier alpha value is -3.40. The third kappa shape index (κ3) is 3.28. The van der Waals surface area contributed by atoms with Gasteiger partial charge in [-0.2, -0.15) is 0 Å². The number of hydrogen-bond donors (Lipinski definition) is 2. The molecule has 0 aliphatic heterocycles. The van der Waals surface area contributed by atoms with E-state index in [-0.39, 0.29) is 12.8 Å². The van der Waals surface area contributed by atoms with E-state index in [1.807, 2.05) is 36.4 Å². The molecular formula is C26H24O4. The third-order valence-corrected chi connectivity index (χ3v) is 6.24. The second kappa shape index (κ2) is 7.79. The summed E-state index contributed by atoms with van der Waals surface area (Å²) in [4.78, 5) is 23.3. The minimum Gasteiger partial charge on any atom is -0.481 e. The number of fused-ring (bicyclic) bond motifs is 3. The zero-order chi connectivity index (χ0) is 21.3. The van der Waals surface area contributed by atoms with Crippen LogP contribution in [-0.2, 0) is 34.3 Å². The Morgan fingerprint density at radius 2 is 1.47 bits per heavy atom. The van der Waals surface area contributed by atoms with Crippen molar-refractivity contribution < 1.29 is 19.8 Å². The zero-order valence-electron chi connectivity index (χ0n) is 16.9. The number of carboxylic acid groups (broad SMARTS) is 2. The highest BCUT2D eigenvalue weighted by atomic mass is 16.4. The molecule has 1 aliphatic rings. The lowest BCUT2D eigenvalue weighted by molar-refractivity contribution is -0.137. The molecule has 3 aromatic carbocycles. The van der Waals surface area contributed by atoms with Crippen LogP contribution in [0.3, 0.4) is 0 Å². The van der Waals surface area contributed by atoms with Gasteiger partial charge in [0, 0.05) is 5.41 Å². The molecule has 0 heterocycles. The minimum atomic E-state index is -0.956. The number of aliphatic carboxylic acids is 2.